The number of aliphatic hydroxyl groups is 1. The molecule has 0 radical (unpaired) electrons. The van der Waals surface area contributed by atoms with Crippen molar-refractivity contribution in [1.29, 1.82) is 0 Å². The Morgan fingerprint density at radius 2 is 1.73 bits per heavy atom. The molecule has 0 aliphatic carbocycles. The van der Waals surface area contributed by atoms with Gasteiger partial charge in [-0.05, 0) is 14.1 Å². The summed E-state index contributed by atoms with van der Waals surface area (Å²) in [6.45, 7) is 0.512. The van der Waals surface area contributed by atoms with Gasteiger partial charge in [0.15, 0.2) is 0 Å². The normalized spacial score (nSPS) is 29.3. The van der Waals surface area contributed by atoms with Crippen LogP contribution in [0.3, 0.4) is 0 Å². The van der Waals surface area contributed by atoms with E-state index in [9.17, 15) is 13.5 Å². The van der Waals surface area contributed by atoms with Crippen LogP contribution in [0.2, 0.25) is 0 Å². The molecule has 0 amide bonds. The van der Waals surface area contributed by atoms with Gasteiger partial charge in [0.1, 0.15) is 0 Å². The molecule has 0 unspecified atom stereocenters. The zero-order chi connectivity index (χ0) is 11.8. The van der Waals surface area contributed by atoms with E-state index in [0.717, 1.165) is 4.31 Å². The second-order valence-electron chi connectivity index (χ2n) is 4.21. The van der Waals surface area contributed by atoms with Gasteiger partial charge in [-0.3, -0.25) is 0 Å². The van der Waals surface area contributed by atoms with E-state index in [1.807, 2.05) is 19.0 Å². The first-order chi connectivity index (χ1) is 6.76. The number of likely N-dealkylation sites (N-methyl/N-ethyl adjacent to an activating group) is 1. The van der Waals surface area contributed by atoms with Crippen LogP contribution >= 0.6 is 0 Å². The average Bonchev–Trinajstić information content (AvgIpc) is 2.47. The number of β-amino-alcohol motifs (C(OH)–C–C–N with tert-alkyl or cyclic N) is 1. The Morgan fingerprint density at radius 1 is 1.20 bits per heavy atom. The van der Waals surface area contributed by atoms with Crippen LogP contribution in [-0.2, 0) is 10.2 Å². The average molecular weight is 237 g/mol. The van der Waals surface area contributed by atoms with Gasteiger partial charge >= 0.3 is 0 Å². The Kier molecular flexibility index (Phi) is 3.72. The molecule has 1 fully saturated rings. The molecule has 7 heteroatoms. The molecular weight excluding hydrogens is 218 g/mol. The van der Waals surface area contributed by atoms with Gasteiger partial charge in [0, 0.05) is 27.2 Å². The first kappa shape index (κ1) is 12.9. The van der Waals surface area contributed by atoms with E-state index in [1.165, 1.54) is 18.4 Å². The molecule has 1 N–H and O–H groups in total. The molecule has 1 aliphatic rings. The van der Waals surface area contributed by atoms with E-state index in [1.54, 1.807) is 0 Å². The minimum absolute atomic E-state index is 0.125. The fraction of sp³-hybridized carbons (Fsp3) is 1.00. The third-order valence-electron chi connectivity index (χ3n) is 2.68. The molecule has 0 spiro atoms. The fourth-order valence-electron chi connectivity index (χ4n) is 1.66. The molecular formula is C8H19N3O3S. The summed E-state index contributed by atoms with van der Waals surface area (Å²) in [5, 5.41) is 9.71. The van der Waals surface area contributed by atoms with E-state index in [2.05, 4.69) is 0 Å². The van der Waals surface area contributed by atoms with Gasteiger partial charge in [-0.1, -0.05) is 0 Å². The summed E-state index contributed by atoms with van der Waals surface area (Å²) in [6.07, 6.45) is -0.616. The summed E-state index contributed by atoms with van der Waals surface area (Å²) in [4.78, 5) is 1.84. The smallest absolute Gasteiger partial charge is 0.281 e. The van der Waals surface area contributed by atoms with E-state index in [4.69, 9.17) is 0 Å². The van der Waals surface area contributed by atoms with Gasteiger partial charge < -0.3 is 10.0 Å². The van der Waals surface area contributed by atoms with Gasteiger partial charge in [-0.2, -0.15) is 17.0 Å². The molecule has 0 bridgehead atoms. The van der Waals surface area contributed by atoms with Crippen LogP contribution < -0.4 is 0 Å². The summed E-state index contributed by atoms with van der Waals surface area (Å²) < 4.78 is 26.0. The van der Waals surface area contributed by atoms with Crippen molar-refractivity contribution >= 4 is 10.2 Å². The van der Waals surface area contributed by atoms with Crippen molar-refractivity contribution in [2.75, 3.05) is 41.3 Å². The Morgan fingerprint density at radius 3 is 2.07 bits per heavy atom. The van der Waals surface area contributed by atoms with Gasteiger partial charge in [-0.25, -0.2) is 0 Å². The Bertz CT molecular complexity index is 315. The lowest BCUT2D eigenvalue weighted by Crippen LogP contribution is -2.40. The van der Waals surface area contributed by atoms with Crippen LogP contribution in [0.5, 0.6) is 0 Å². The molecule has 1 aliphatic heterocycles. The Labute approximate surface area is 91.3 Å². The van der Waals surface area contributed by atoms with E-state index in [-0.39, 0.29) is 12.6 Å². The van der Waals surface area contributed by atoms with Crippen molar-refractivity contribution in [3.05, 3.63) is 0 Å². The molecule has 0 aromatic rings. The zero-order valence-electron chi connectivity index (χ0n) is 9.58. The number of aliphatic hydroxyl groups excluding tert-OH is 1. The van der Waals surface area contributed by atoms with Gasteiger partial charge in [0.2, 0.25) is 0 Å². The highest BCUT2D eigenvalue weighted by Crippen LogP contribution is 2.18. The van der Waals surface area contributed by atoms with Crippen LogP contribution in [0.15, 0.2) is 0 Å². The van der Waals surface area contributed by atoms with Gasteiger partial charge in [0.05, 0.1) is 12.1 Å². The summed E-state index contributed by atoms with van der Waals surface area (Å²) in [7, 11) is 3.25. The van der Waals surface area contributed by atoms with Crippen molar-refractivity contribution < 1.29 is 13.5 Å². The van der Waals surface area contributed by atoms with Crippen molar-refractivity contribution in [2.24, 2.45) is 0 Å². The van der Waals surface area contributed by atoms with Crippen molar-refractivity contribution in [3.63, 3.8) is 0 Å². The van der Waals surface area contributed by atoms with Crippen LogP contribution in [-0.4, -0.2) is 80.5 Å². The van der Waals surface area contributed by atoms with E-state index in [0.29, 0.717) is 6.54 Å². The molecule has 0 saturated carbocycles. The molecule has 90 valence electrons. The van der Waals surface area contributed by atoms with E-state index >= 15 is 0 Å². The largest absolute Gasteiger partial charge is 0.390 e. The first-order valence-corrected chi connectivity index (χ1v) is 6.18. The molecule has 1 saturated heterocycles. The maximum absolute atomic E-state index is 11.8. The number of nitrogens with zero attached hydrogens (tertiary/aromatic N) is 3. The van der Waals surface area contributed by atoms with Gasteiger partial charge in [-0.15, -0.1) is 0 Å². The third-order valence-corrected chi connectivity index (χ3v) is 4.55. The summed E-state index contributed by atoms with van der Waals surface area (Å²) in [5.41, 5.74) is 0. The second-order valence-corrected chi connectivity index (χ2v) is 6.35. The lowest BCUT2D eigenvalue weighted by atomic mass is 10.2. The monoisotopic (exact) mass is 237 g/mol. The number of hydrogen-bond donors (Lipinski definition) is 1. The fourth-order valence-corrected chi connectivity index (χ4v) is 2.81. The first-order valence-electron chi connectivity index (χ1n) is 4.79. The quantitative estimate of drug-likeness (QED) is 0.642. The van der Waals surface area contributed by atoms with Crippen LogP contribution in [0.1, 0.15) is 0 Å². The molecule has 0 aromatic heterocycles. The zero-order valence-corrected chi connectivity index (χ0v) is 10.4. The number of rotatable bonds is 3. The maximum Gasteiger partial charge on any atom is 0.281 e. The van der Waals surface area contributed by atoms with Crippen LogP contribution in [0.25, 0.3) is 0 Å². The highest BCUT2D eigenvalue weighted by atomic mass is 32.2. The predicted octanol–water partition coefficient (Wildman–Crippen LogP) is -1.60. The lowest BCUT2D eigenvalue weighted by molar-refractivity contribution is 0.113. The Balaban J connectivity index is 2.79. The van der Waals surface area contributed by atoms with Crippen molar-refractivity contribution in [2.45, 2.75) is 12.1 Å². The van der Waals surface area contributed by atoms with Crippen LogP contribution in [0.4, 0.5) is 0 Å². The molecule has 2 atom stereocenters. The number of hydrogen-bond acceptors (Lipinski definition) is 4. The Hall–Kier alpha value is -0.210. The van der Waals surface area contributed by atoms with Crippen LogP contribution in [0, 0.1) is 0 Å². The predicted molar refractivity (Wildman–Crippen MR) is 57.7 cm³/mol. The topological polar surface area (TPSA) is 64.1 Å². The highest BCUT2D eigenvalue weighted by molar-refractivity contribution is 7.86. The molecule has 0 aromatic carbocycles. The summed E-state index contributed by atoms with van der Waals surface area (Å²) in [6, 6.07) is -0.125. The third kappa shape index (κ3) is 2.48. The minimum atomic E-state index is -3.40. The molecule has 6 nitrogen and oxygen atoms in total. The summed E-state index contributed by atoms with van der Waals surface area (Å²) in [5.74, 6) is 0. The standard InChI is InChI=1S/C8H19N3O3S/c1-9(2)7-5-11(6-8(7)12)15(13,14)10(3)4/h7-8,12H,5-6H2,1-4H3/t7-,8-/m1/s1. The molecule has 1 rings (SSSR count). The van der Waals surface area contributed by atoms with Gasteiger partial charge in [0.25, 0.3) is 10.2 Å². The maximum atomic E-state index is 11.8. The van der Waals surface area contributed by atoms with E-state index < -0.39 is 16.3 Å². The second kappa shape index (κ2) is 4.34. The SMILES string of the molecule is CN(C)[C@@H]1CN(S(=O)(=O)N(C)C)C[C@H]1O. The lowest BCUT2D eigenvalue weighted by Gasteiger charge is -2.22. The summed E-state index contributed by atoms with van der Waals surface area (Å²) >= 11 is 0. The van der Waals surface area contributed by atoms with Crippen molar-refractivity contribution in [1.82, 2.24) is 13.5 Å². The molecule has 15 heavy (non-hydrogen) atoms. The molecule has 1 heterocycles. The highest BCUT2D eigenvalue weighted by Gasteiger charge is 2.39. The van der Waals surface area contributed by atoms with Crippen molar-refractivity contribution in [3.8, 4) is 0 Å². The minimum Gasteiger partial charge on any atom is -0.390 e.